The number of rotatable bonds is 10. The number of benzene rings is 1. The van der Waals surface area contributed by atoms with Gasteiger partial charge in [-0.25, -0.2) is 9.78 Å². The van der Waals surface area contributed by atoms with Crippen molar-refractivity contribution in [2.75, 3.05) is 13.7 Å². The minimum absolute atomic E-state index is 0.0948. The Bertz CT molecular complexity index is 1180. The molecule has 0 aliphatic carbocycles. The number of hydrogen-bond donors (Lipinski definition) is 1. The van der Waals surface area contributed by atoms with Gasteiger partial charge >= 0.3 is 18.1 Å². The van der Waals surface area contributed by atoms with E-state index in [1.807, 2.05) is 0 Å². The van der Waals surface area contributed by atoms with Crippen LogP contribution < -0.4 is 19.5 Å². The molecule has 1 aliphatic heterocycles. The van der Waals surface area contributed by atoms with Crippen LogP contribution in [-0.2, 0) is 19.1 Å². The van der Waals surface area contributed by atoms with Gasteiger partial charge in [-0.1, -0.05) is 18.2 Å². The molecule has 1 N–H and O–H groups in total. The van der Waals surface area contributed by atoms with Gasteiger partial charge in [0.1, 0.15) is 17.9 Å². The van der Waals surface area contributed by atoms with E-state index in [-0.39, 0.29) is 36.6 Å². The SMILES string of the molecule is COc1ccnc(C(=O)N[C@H]2CCC[C@H](OCCCC(F)(F)F)[C@@H](Oc3ccccc3)[C@H](C)OC2=O)c1OC(C)=O. The lowest BCUT2D eigenvalue weighted by Gasteiger charge is -2.31. The second kappa shape index (κ2) is 14.7. The van der Waals surface area contributed by atoms with Gasteiger partial charge in [-0.2, -0.15) is 13.2 Å². The predicted octanol–water partition coefficient (Wildman–Crippen LogP) is 4.40. The molecule has 0 saturated carbocycles. The third-order valence-electron chi connectivity index (χ3n) is 6.20. The van der Waals surface area contributed by atoms with Crippen LogP contribution in [0.3, 0.4) is 0 Å². The van der Waals surface area contributed by atoms with Crippen molar-refractivity contribution in [3.05, 3.63) is 48.3 Å². The summed E-state index contributed by atoms with van der Waals surface area (Å²) in [7, 11) is 1.33. The molecule has 1 saturated heterocycles. The topological polar surface area (TPSA) is 122 Å². The number of hydrogen-bond acceptors (Lipinski definition) is 9. The normalized spacial score (nSPS) is 21.5. The largest absolute Gasteiger partial charge is 0.493 e. The fourth-order valence-electron chi connectivity index (χ4n) is 4.31. The van der Waals surface area contributed by atoms with Crippen molar-refractivity contribution in [1.29, 1.82) is 0 Å². The van der Waals surface area contributed by atoms with Gasteiger partial charge in [0, 0.05) is 32.2 Å². The third kappa shape index (κ3) is 9.62. The van der Waals surface area contributed by atoms with Crippen LogP contribution in [0.15, 0.2) is 42.6 Å². The van der Waals surface area contributed by atoms with Crippen molar-refractivity contribution in [3.8, 4) is 17.2 Å². The number of nitrogens with one attached hydrogen (secondary N) is 1. The molecular weight excluding hydrogens is 549 g/mol. The molecule has 41 heavy (non-hydrogen) atoms. The molecular formula is C28H33F3N2O8. The van der Waals surface area contributed by atoms with Gasteiger partial charge in [0.2, 0.25) is 5.75 Å². The first kappa shape index (κ1) is 31.7. The van der Waals surface area contributed by atoms with Crippen LogP contribution in [0.5, 0.6) is 17.2 Å². The van der Waals surface area contributed by atoms with Crippen LogP contribution >= 0.6 is 0 Å². The van der Waals surface area contributed by atoms with Crippen molar-refractivity contribution in [3.63, 3.8) is 0 Å². The highest BCUT2D eigenvalue weighted by molar-refractivity contribution is 5.98. The van der Waals surface area contributed by atoms with Gasteiger partial charge in [-0.15, -0.1) is 0 Å². The maximum Gasteiger partial charge on any atom is 0.389 e. The number of carbonyl (C=O) groups is 3. The highest BCUT2D eigenvalue weighted by atomic mass is 19.4. The Balaban J connectivity index is 1.79. The van der Waals surface area contributed by atoms with Gasteiger partial charge in [-0.3, -0.25) is 9.59 Å². The minimum Gasteiger partial charge on any atom is -0.493 e. The Morgan fingerprint density at radius 3 is 2.54 bits per heavy atom. The molecule has 0 unspecified atom stereocenters. The molecule has 0 spiro atoms. The van der Waals surface area contributed by atoms with Crippen molar-refractivity contribution < 1.29 is 51.2 Å². The third-order valence-corrected chi connectivity index (χ3v) is 6.20. The zero-order valence-corrected chi connectivity index (χ0v) is 22.9. The Labute approximate surface area is 235 Å². The Kier molecular flexibility index (Phi) is 11.3. The van der Waals surface area contributed by atoms with Crippen LogP contribution in [0.4, 0.5) is 13.2 Å². The Morgan fingerprint density at radius 2 is 1.88 bits per heavy atom. The van der Waals surface area contributed by atoms with E-state index in [4.69, 9.17) is 23.7 Å². The number of methoxy groups -OCH3 is 1. The molecule has 13 heteroatoms. The maximum atomic E-state index is 13.2. The number of para-hydroxylation sites is 1. The lowest BCUT2D eigenvalue weighted by molar-refractivity contribution is -0.161. The number of alkyl halides is 3. The Morgan fingerprint density at radius 1 is 1.15 bits per heavy atom. The van der Waals surface area contributed by atoms with E-state index in [0.717, 1.165) is 6.92 Å². The smallest absolute Gasteiger partial charge is 0.389 e. The fourth-order valence-corrected chi connectivity index (χ4v) is 4.31. The fraction of sp³-hybridized carbons (Fsp3) is 0.500. The van der Waals surface area contributed by atoms with Gasteiger partial charge < -0.3 is 29.0 Å². The lowest BCUT2D eigenvalue weighted by atomic mass is 10.0. The van der Waals surface area contributed by atoms with Crippen LogP contribution in [0.25, 0.3) is 0 Å². The number of esters is 2. The van der Waals surface area contributed by atoms with E-state index in [0.29, 0.717) is 18.6 Å². The zero-order chi connectivity index (χ0) is 30.0. The molecule has 4 atom stereocenters. The summed E-state index contributed by atoms with van der Waals surface area (Å²) in [5.74, 6) is -1.89. The molecule has 1 amide bonds. The second-order valence-electron chi connectivity index (χ2n) is 9.41. The number of aromatic nitrogens is 1. The van der Waals surface area contributed by atoms with Crippen molar-refractivity contribution in [1.82, 2.24) is 10.3 Å². The summed E-state index contributed by atoms with van der Waals surface area (Å²) in [5, 5.41) is 2.58. The van der Waals surface area contributed by atoms with E-state index in [2.05, 4.69) is 10.3 Å². The van der Waals surface area contributed by atoms with E-state index >= 15 is 0 Å². The summed E-state index contributed by atoms with van der Waals surface area (Å²) in [4.78, 5) is 41.9. The molecule has 10 nitrogen and oxygen atoms in total. The molecule has 0 radical (unpaired) electrons. The highest BCUT2D eigenvalue weighted by Crippen LogP contribution is 2.30. The van der Waals surface area contributed by atoms with E-state index in [1.54, 1.807) is 37.3 Å². The molecule has 3 rings (SSSR count). The lowest BCUT2D eigenvalue weighted by Crippen LogP contribution is -2.46. The van der Waals surface area contributed by atoms with Crippen LogP contribution in [0.1, 0.15) is 56.4 Å². The van der Waals surface area contributed by atoms with Crippen LogP contribution in [-0.4, -0.2) is 67.1 Å². The van der Waals surface area contributed by atoms with E-state index in [9.17, 15) is 27.6 Å². The average Bonchev–Trinajstić information content (AvgIpc) is 2.96. The zero-order valence-electron chi connectivity index (χ0n) is 22.9. The van der Waals surface area contributed by atoms with Gasteiger partial charge in [-0.05, 0) is 44.7 Å². The number of nitrogens with zero attached hydrogens (tertiary/aromatic N) is 1. The number of ether oxygens (including phenoxy) is 5. The summed E-state index contributed by atoms with van der Waals surface area (Å²) in [6.45, 7) is 2.57. The van der Waals surface area contributed by atoms with E-state index in [1.165, 1.54) is 19.4 Å². The minimum atomic E-state index is -4.30. The van der Waals surface area contributed by atoms with Gasteiger partial charge in [0.15, 0.2) is 17.5 Å². The molecule has 2 aromatic rings. The Hall–Kier alpha value is -3.87. The number of halogens is 3. The van der Waals surface area contributed by atoms with Crippen molar-refractivity contribution >= 4 is 17.8 Å². The molecule has 1 fully saturated rings. The van der Waals surface area contributed by atoms with Gasteiger partial charge in [0.25, 0.3) is 5.91 Å². The average molecular weight is 583 g/mol. The van der Waals surface area contributed by atoms with Crippen molar-refractivity contribution in [2.24, 2.45) is 0 Å². The second-order valence-corrected chi connectivity index (χ2v) is 9.41. The molecule has 0 bridgehead atoms. The molecule has 1 aromatic heterocycles. The monoisotopic (exact) mass is 582 g/mol. The van der Waals surface area contributed by atoms with Crippen LogP contribution in [0.2, 0.25) is 0 Å². The van der Waals surface area contributed by atoms with Crippen LogP contribution in [0, 0.1) is 0 Å². The quantitative estimate of drug-likeness (QED) is 0.321. The molecule has 2 heterocycles. The summed E-state index contributed by atoms with van der Waals surface area (Å²) in [6.07, 6.45) is -5.88. The number of carbonyl (C=O) groups excluding carboxylic acids is 3. The number of amides is 1. The summed E-state index contributed by atoms with van der Waals surface area (Å²) in [6, 6.07) is 9.00. The molecule has 224 valence electrons. The summed E-state index contributed by atoms with van der Waals surface area (Å²) >= 11 is 0. The first-order valence-electron chi connectivity index (χ1n) is 13.1. The first-order valence-corrected chi connectivity index (χ1v) is 13.1. The highest BCUT2D eigenvalue weighted by Gasteiger charge is 2.37. The molecule has 1 aromatic carbocycles. The summed E-state index contributed by atoms with van der Waals surface area (Å²) < 4.78 is 65.9. The predicted molar refractivity (Wildman–Crippen MR) is 139 cm³/mol. The van der Waals surface area contributed by atoms with Gasteiger partial charge in [0.05, 0.1) is 13.2 Å². The number of pyridine rings is 1. The van der Waals surface area contributed by atoms with E-state index < -0.39 is 54.8 Å². The first-order chi connectivity index (χ1) is 19.5. The molecule has 1 aliphatic rings. The number of cyclic esters (lactones) is 1. The van der Waals surface area contributed by atoms with Crippen molar-refractivity contribution in [2.45, 2.75) is 76.5 Å². The maximum absolute atomic E-state index is 13.2. The standard InChI is InChI=1S/C28H33F3N2O8/c1-17-24(41-19-9-5-4-6-10-19)22(38-16-8-14-28(29,30)31)12-7-11-20(27(36)39-17)33-26(35)23-25(40-18(2)34)21(37-3)13-15-32-23/h4-6,9-10,13,15,17,20,22,24H,7-8,11-12,14,16H2,1-3H3,(H,33,35)/t17-,20-,22-,24-/m0/s1. The summed E-state index contributed by atoms with van der Waals surface area (Å²) in [5.41, 5.74) is -0.267.